The maximum Gasteiger partial charge on any atom is 0.128 e. The van der Waals surface area contributed by atoms with Crippen LogP contribution in [0.25, 0.3) is 0 Å². The Morgan fingerprint density at radius 1 is 1.47 bits per heavy atom. The summed E-state index contributed by atoms with van der Waals surface area (Å²) in [5, 5.41) is 12.7. The van der Waals surface area contributed by atoms with Crippen molar-refractivity contribution >= 4 is 0 Å². The first-order chi connectivity index (χ1) is 7.29. The summed E-state index contributed by atoms with van der Waals surface area (Å²) in [5.74, 6) is -0.315. The topological polar surface area (TPSA) is 41.6 Å². The van der Waals surface area contributed by atoms with Gasteiger partial charge in [-0.2, -0.15) is 10.4 Å². The van der Waals surface area contributed by atoms with Crippen molar-refractivity contribution in [2.45, 2.75) is 6.54 Å². The standard InChI is InChI=1S/C11H8FN3/c12-11-3-2-9(7-13)6-10(11)8-15-5-1-4-14-15/h1-6H,8H2. The molecule has 0 saturated heterocycles. The van der Waals surface area contributed by atoms with E-state index in [2.05, 4.69) is 5.10 Å². The van der Waals surface area contributed by atoms with E-state index in [-0.39, 0.29) is 5.82 Å². The van der Waals surface area contributed by atoms with Crippen molar-refractivity contribution < 1.29 is 4.39 Å². The summed E-state index contributed by atoms with van der Waals surface area (Å²) >= 11 is 0. The van der Waals surface area contributed by atoms with Crippen molar-refractivity contribution in [1.82, 2.24) is 9.78 Å². The van der Waals surface area contributed by atoms with Crippen LogP contribution in [0.4, 0.5) is 4.39 Å². The van der Waals surface area contributed by atoms with Crippen molar-refractivity contribution in [1.29, 1.82) is 5.26 Å². The first-order valence-corrected chi connectivity index (χ1v) is 4.45. The van der Waals surface area contributed by atoms with Crippen LogP contribution in [0.15, 0.2) is 36.7 Å². The van der Waals surface area contributed by atoms with Gasteiger partial charge in [0.2, 0.25) is 0 Å². The maximum absolute atomic E-state index is 13.3. The van der Waals surface area contributed by atoms with Crippen LogP contribution in [0, 0.1) is 17.1 Å². The van der Waals surface area contributed by atoms with Crippen molar-refractivity contribution in [3.63, 3.8) is 0 Å². The second-order valence-corrected chi connectivity index (χ2v) is 3.12. The van der Waals surface area contributed by atoms with E-state index in [4.69, 9.17) is 5.26 Å². The highest BCUT2D eigenvalue weighted by Gasteiger charge is 2.04. The number of halogens is 1. The van der Waals surface area contributed by atoms with Crippen molar-refractivity contribution in [2.75, 3.05) is 0 Å². The molecule has 0 radical (unpaired) electrons. The molecule has 3 nitrogen and oxygen atoms in total. The van der Waals surface area contributed by atoms with E-state index >= 15 is 0 Å². The van der Waals surface area contributed by atoms with Gasteiger partial charge in [-0.15, -0.1) is 0 Å². The molecule has 15 heavy (non-hydrogen) atoms. The molecule has 0 atom stereocenters. The molecule has 0 bridgehead atoms. The molecular formula is C11H8FN3. The second kappa shape index (κ2) is 3.93. The molecule has 0 N–H and O–H groups in total. The molecule has 0 amide bonds. The van der Waals surface area contributed by atoms with Gasteiger partial charge in [0, 0.05) is 18.0 Å². The smallest absolute Gasteiger partial charge is 0.128 e. The Morgan fingerprint density at radius 2 is 2.33 bits per heavy atom. The lowest BCUT2D eigenvalue weighted by Crippen LogP contribution is -2.02. The third kappa shape index (κ3) is 2.02. The monoisotopic (exact) mass is 201 g/mol. The lowest BCUT2D eigenvalue weighted by molar-refractivity contribution is 0.585. The molecule has 1 aromatic heterocycles. The molecule has 1 aromatic carbocycles. The Labute approximate surface area is 86.4 Å². The van der Waals surface area contributed by atoms with Gasteiger partial charge >= 0.3 is 0 Å². The number of benzene rings is 1. The number of hydrogen-bond donors (Lipinski definition) is 0. The van der Waals surface area contributed by atoms with Crippen LogP contribution in [0.1, 0.15) is 11.1 Å². The maximum atomic E-state index is 13.3. The molecule has 4 heteroatoms. The van der Waals surface area contributed by atoms with E-state index < -0.39 is 0 Å². The molecule has 1 heterocycles. The quantitative estimate of drug-likeness (QED) is 0.745. The summed E-state index contributed by atoms with van der Waals surface area (Å²) in [6.45, 7) is 0.342. The van der Waals surface area contributed by atoms with Gasteiger partial charge in [-0.05, 0) is 24.3 Å². The van der Waals surface area contributed by atoms with Crippen molar-refractivity contribution in [3.05, 3.63) is 53.6 Å². The highest BCUT2D eigenvalue weighted by Crippen LogP contribution is 2.11. The highest BCUT2D eigenvalue weighted by atomic mass is 19.1. The normalized spacial score (nSPS) is 9.87. The average Bonchev–Trinajstić information content (AvgIpc) is 2.74. The van der Waals surface area contributed by atoms with Gasteiger partial charge in [-0.1, -0.05) is 0 Å². The Morgan fingerprint density at radius 3 is 3.00 bits per heavy atom. The summed E-state index contributed by atoms with van der Waals surface area (Å²) in [6.07, 6.45) is 3.38. The highest BCUT2D eigenvalue weighted by molar-refractivity contribution is 5.33. The Balaban J connectivity index is 2.32. The molecule has 2 aromatic rings. The first kappa shape index (κ1) is 9.41. The van der Waals surface area contributed by atoms with Crippen molar-refractivity contribution in [2.24, 2.45) is 0 Å². The molecule has 2 rings (SSSR count). The zero-order valence-electron chi connectivity index (χ0n) is 7.89. The van der Waals surface area contributed by atoms with E-state index in [1.54, 1.807) is 23.1 Å². The lowest BCUT2D eigenvalue weighted by atomic mass is 10.1. The van der Waals surface area contributed by atoms with Crippen LogP contribution in [-0.2, 0) is 6.54 Å². The van der Waals surface area contributed by atoms with Crippen LogP contribution in [0.2, 0.25) is 0 Å². The predicted molar refractivity (Wildman–Crippen MR) is 52.4 cm³/mol. The fourth-order valence-corrected chi connectivity index (χ4v) is 1.33. The number of hydrogen-bond acceptors (Lipinski definition) is 2. The molecule has 0 saturated carbocycles. The number of rotatable bonds is 2. The van der Waals surface area contributed by atoms with Gasteiger partial charge in [0.05, 0.1) is 18.2 Å². The van der Waals surface area contributed by atoms with E-state index in [0.717, 1.165) is 0 Å². The van der Waals surface area contributed by atoms with Gasteiger partial charge < -0.3 is 0 Å². The molecule has 0 aliphatic carbocycles. The zero-order chi connectivity index (χ0) is 10.7. The summed E-state index contributed by atoms with van der Waals surface area (Å²) < 4.78 is 15.0. The minimum absolute atomic E-state index is 0.315. The van der Waals surface area contributed by atoms with Crippen LogP contribution in [0.5, 0.6) is 0 Å². The molecule has 0 aliphatic heterocycles. The Bertz CT molecular complexity index is 497. The Kier molecular flexibility index (Phi) is 2.46. The largest absolute Gasteiger partial charge is 0.268 e. The number of nitrogens with zero attached hydrogens (tertiary/aromatic N) is 3. The van der Waals surface area contributed by atoms with E-state index in [1.807, 2.05) is 6.07 Å². The minimum atomic E-state index is -0.315. The number of nitriles is 1. The second-order valence-electron chi connectivity index (χ2n) is 3.12. The molecular weight excluding hydrogens is 193 g/mol. The first-order valence-electron chi connectivity index (χ1n) is 4.45. The molecule has 74 valence electrons. The summed E-state index contributed by atoms with van der Waals surface area (Å²) in [6, 6.07) is 8.05. The fraction of sp³-hybridized carbons (Fsp3) is 0.0909. The summed E-state index contributed by atoms with van der Waals surface area (Å²) in [7, 11) is 0. The van der Waals surface area contributed by atoms with Crippen LogP contribution < -0.4 is 0 Å². The van der Waals surface area contributed by atoms with Gasteiger partial charge in [0.1, 0.15) is 5.82 Å². The third-order valence-electron chi connectivity index (χ3n) is 2.07. The van der Waals surface area contributed by atoms with Crippen LogP contribution in [-0.4, -0.2) is 9.78 Å². The van der Waals surface area contributed by atoms with Gasteiger partial charge in [0.25, 0.3) is 0 Å². The zero-order valence-corrected chi connectivity index (χ0v) is 7.89. The van der Waals surface area contributed by atoms with E-state index in [9.17, 15) is 4.39 Å². The summed E-state index contributed by atoms with van der Waals surface area (Å²) in [5.41, 5.74) is 0.927. The lowest BCUT2D eigenvalue weighted by Gasteiger charge is -2.03. The van der Waals surface area contributed by atoms with Gasteiger partial charge in [-0.3, -0.25) is 4.68 Å². The number of aromatic nitrogens is 2. The minimum Gasteiger partial charge on any atom is -0.268 e. The van der Waals surface area contributed by atoms with Gasteiger partial charge in [-0.25, -0.2) is 4.39 Å². The average molecular weight is 201 g/mol. The van der Waals surface area contributed by atoms with E-state index in [1.165, 1.54) is 18.2 Å². The fourth-order valence-electron chi connectivity index (χ4n) is 1.33. The molecule has 0 aliphatic rings. The molecule has 0 unspecified atom stereocenters. The third-order valence-corrected chi connectivity index (χ3v) is 2.07. The van der Waals surface area contributed by atoms with Crippen LogP contribution in [0.3, 0.4) is 0 Å². The van der Waals surface area contributed by atoms with Crippen LogP contribution >= 0.6 is 0 Å². The predicted octanol–water partition coefficient (Wildman–Crippen LogP) is 1.94. The summed E-state index contributed by atoms with van der Waals surface area (Å²) in [4.78, 5) is 0. The van der Waals surface area contributed by atoms with Crippen molar-refractivity contribution in [3.8, 4) is 6.07 Å². The van der Waals surface area contributed by atoms with E-state index in [0.29, 0.717) is 17.7 Å². The Hall–Kier alpha value is -2.15. The van der Waals surface area contributed by atoms with Gasteiger partial charge in [0.15, 0.2) is 0 Å². The SMILES string of the molecule is N#Cc1ccc(F)c(Cn2cccn2)c1. The molecule has 0 spiro atoms. The molecule has 0 fully saturated rings.